The number of fused-ring (bicyclic) bond motifs is 1. The van der Waals surface area contributed by atoms with Gasteiger partial charge in [0.15, 0.2) is 0 Å². The number of carbonyl (C=O) groups is 1. The number of carbonyl (C=O) groups excluding carboxylic acids is 1. The monoisotopic (exact) mass is 306 g/mol. The summed E-state index contributed by atoms with van der Waals surface area (Å²) in [6.07, 6.45) is 0.895. The zero-order valence-corrected chi connectivity index (χ0v) is 12.8. The summed E-state index contributed by atoms with van der Waals surface area (Å²) in [6, 6.07) is 2.21. The van der Waals surface area contributed by atoms with Crippen molar-refractivity contribution in [1.29, 1.82) is 0 Å². The molecule has 3 rings (SSSR count). The molecule has 0 saturated carbocycles. The Bertz CT molecular complexity index is 672. The Labute approximate surface area is 129 Å². The second-order valence-corrected chi connectivity index (χ2v) is 6.35. The molecule has 1 N–H and O–H groups in total. The van der Waals surface area contributed by atoms with Crippen LogP contribution in [0, 0.1) is 20.8 Å². The molecule has 21 heavy (non-hydrogen) atoms. The number of thiophene rings is 1. The first kappa shape index (κ1) is 15.9. The third kappa shape index (κ3) is 2.94. The fourth-order valence-corrected chi connectivity index (χ4v) is 3.94. The van der Waals surface area contributed by atoms with Gasteiger partial charge in [0.1, 0.15) is 4.83 Å². The maximum absolute atomic E-state index is 12.4. The van der Waals surface area contributed by atoms with Gasteiger partial charge in [-0.2, -0.15) is 0 Å². The predicted molar refractivity (Wildman–Crippen MR) is 87.3 cm³/mol. The minimum atomic E-state index is -0.00180. The van der Waals surface area contributed by atoms with E-state index in [1.54, 1.807) is 0 Å². The molecule has 3 heterocycles. The van der Waals surface area contributed by atoms with Gasteiger partial charge in [-0.25, -0.2) is 4.98 Å². The molecule has 5 heteroatoms. The van der Waals surface area contributed by atoms with Gasteiger partial charge in [-0.3, -0.25) is 4.79 Å². The number of aromatic nitrogens is 1. The summed E-state index contributed by atoms with van der Waals surface area (Å²) in [5, 5.41) is 4.17. The predicted octanol–water partition coefficient (Wildman–Crippen LogP) is 3.38. The van der Waals surface area contributed by atoms with Crippen molar-refractivity contribution in [2.24, 2.45) is 0 Å². The fourth-order valence-electron chi connectivity index (χ4n) is 2.74. The normalized spacial score (nSPS) is 17.8. The first-order chi connectivity index (χ1) is 9.56. The van der Waals surface area contributed by atoms with E-state index in [9.17, 15) is 4.79 Å². The molecule has 0 radical (unpaired) electrons. The highest BCUT2D eigenvalue weighted by Crippen LogP contribution is 2.32. The van der Waals surface area contributed by atoms with E-state index in [1.165, 1.54) is 16.9 Å². The Morgan fingerprint density at radius 1 is 1.43 bits per heavy atom. The second-order valence-electron chi connectivity index (χ2n) is 5.35. The number of pyridine rings is 1. The third-order valence-corrected chi connectivity index (χ3v) is 4.88. The SMILES string of the molecule is C.Cc1cc(C)c2c(C)c(C(=O)NC3CCOC3)sc2n1. The summed E-state index contributed by atoms with van der Waals surface area (Å²) in [7, 11) is 0. The largest absolute Gasteiger partial charge is 0.379 e. The van der Waals surface area contributed by atoms with Crippen molar-refractivity contribution in [1.82, 2.24) is 10.3 Å². The van der Waals surface area contributed by atoms with E-state index in [1.807, 2.05) is 13.8 Å². The Hall–Kier alpha value is -1.46. The van der Waals surface area contributed by atoms with Crippen molar-refractivity contribution in [2.75, 3.05) is 13.2 Å². The van der Waals surface area contributed by atoms with Gasteiger partial charge in [-0.1, -0.05) is 7.43 Å². The van der Waals surface area contributed by atoms with Crippen LogP contribution < -0.4 is 5.32 Å². The zero-order valence-electron chi connectivity index (χ0n) is 11.9. The van der Waals surface area contributed by atoms with Gasteiger partial charge in [0.25, 0.3) is 5.91 Å². The van der Waals surface area contributed by atoms with Crippen molar-refractivity contribution in [3.05, 3.63) is 27.8 Å². The lowest BCUT2D eigenvalue weighted by Crippen LogP contribution is -2.34. The molecule has 1 fully saturated rings. The highest BCUT2D eigenvalue weighted by Gasteiger charge is 2.22. The third-order valence-electron chi connectivity index (χ3n) is 3.70. The molecule has 1 atom stereocenters. The standard InChI is InChI=1S/C15H18N2O2S.CH4/c1-8-6-9(2)16-15-12(8)10(3)13(20-15)14(18)17-11-4-5-19-7-11;/h6,11H,4-5,7H2,1-3H3,(H,17,18);1H4. The maximum Gasteiger partial charge on any atom is 0.262 e. The Morgan fingerprint density at radius 3 is 2.86 bits per heavy atom. The van der Waals surface area contributed by atoms with Crippen LogP contribution in [0.25, 0.3) is 10.2 Å². The van der Waals surface area contributed by atoms with E-state index in [-0.39, 0.29) is 19.4 Å². The van der Waals surface area contributed by atoms with E-state index >= 15 is 0 Å². The lowest BCUT2D eigenvalue weighted by Gasteiger charge is -2.09. The smallest absolute Gasteiger partial charge is 0.262 e. The molecule has 1 unspecified atom stereocenters. The number of rotatable bonds is 2. The Balaban J connectivity index is 0.00000161. The molecular weight excluding hydrogens is 284 g/mol. The van der Waals surface area contributed by atoms with E-state index in [4.69, 9.17) is 4.74 Å². The van der Waals surface area contributed by atoms with E-state index in [0.29, 0.717) is 6.61 Å². The average molecular weight is 306 g/mol. The first-order valence-electron chi connectivity index (χ1n) is 6.82. The number of nitrogens with one attached hydrogen (secondary N) is 1. The molecule has 0 aromatic carbocycles. The first-order valence-corrected chi connectivity index (χ1v) is 7.64. The summed E-state index contributed by atoms with van der Waals surface area (Å²) < 4.78 is 5.29. The van der Waals surface area contributed by atoms with Crippen molar-refractivity contribution in [3.63, 3.8) is 0 Å². The van der Waals surface area contributed by atoms with Crippen LogP contribution in [0.1, 0.15) is 40.3 Å². The van der Waals surface area contributed by atoms with E-state index < -0.39 is 0 Å². The van der Waals surface area contributed by atoms with Crippen molar-refractivity contribution in [3.8, 4) is 0 Å². The number of nitrogens with zero attached hydrogens (tertiary/aromatic N) is 1. The Morgan fingerprint density at radius 2 is 2.19 bits per heavy atom. The molecular formula is C16H22N2O2S. The molecule has 0 spiro atoms. The molecule has 0 bridgehead atoms. The molecule has 1 aliphatic rings. The molecule has 1 aliphatic heterocycles. The second kappa shape index (κ2) is 6.12. The summed E-state index contributed by atoms with van der Waals surface area (Å²) in [5.74, 6) is -0.00180. The summed E-state index contributed by atoms with van der Waals surface area (Å²) in [4.78, 5) is 18.7. The average Bonchev–Trinajstić information content (AvgIpc) is 2.97. The van der Waals surface area contributed by atoms with Gasteiger partial charge in [-0.05, 0) is 44.4 Å². The van der Waals surface area contributed by atoms with Crippen molar-refractivity contribution < 1.29 is 9.53 Å². The minimum absolute atomic E-state index is 0. The Kier molecular flexibility index (Phi) is 4.64. The molecule has 2 aromatic heterocycles. The lowest BCUT2D eigenvalue weighted by molar-refractivity contribution is 0.0933. The van der Waals surface area contributed by atoms with Gasteiger partial charge in [0.05, 0.1) is 17.5 Å². The fraction of sp³-hybridized carbons (Fsp3) is 0.500. The molecule has 2 aromatic rings. The van der Waals surface area contributed by atoms with Crippen LogP contribution in [-0.2, 0) is 4.74 Å². The van der Waals surface area contributed by atoms with Gasteiger partial charge in [0, 0.05) is 17.7 Å². The summed E-state index contributed by atoms with van der Waals surface area (Å²) in [5.41, 5.74) is 3.21. The van der Waals surface area contributed by atoms with Gasteiger partial charge in [-0.15, -0.1) is 11.3 Å². The summed E-state index contributed by atoms with van der Waals surface area (Å²) >= 11 is 1.48. The van der Waals surface area contributed by atoms with Gasteiger partial charge < -0.3 is 10.1 Å². The highest BCUT2D eigenvalue weighted by molar-refractivity contribution is 7.20. The van der Waals surface area contributed by atoms with Crippen LogP contribution in [0.5, 0.6) is 0 Å². The van der Waals surface area contributed by atoms with Crippen LogP contribution in [0.3, 0.4) is 0 Å². The summed E-state index contributed by atoms with van der Waals surface area (Å²) in [6.45, 7) is 7.41. The number of hydrogen-bond acceptors (Lipinski definition) is 4. The number of aryl methyl sites for hydroxylation is 3. The van der Waals surface area contributed by atoms with Gasteiger partial charge >= 0.3 is 0 Å². The zero-order chi connectivity index (χ0) is 14.3. The molecule has 0 aliphatic carbocycles. The van der Waals surface area contributed by atoms with Crippen LogP contribution in [-0.4, -0.2) is 30.1 Å². The lowest BCUT2D eigenvalue weighted by atomic mass is 10.1. The van der Waals surface area contributed by atoms with Crippen LogP contribution >= 0.6 is 11.3 Å². The van der Waals surface area contributed by atoms with Crippen LogP contribution in [0.2, 0.25) is 0 Å². The highest BCUT2D eigenvalue weighted by atomic mass is 32.1. The molecule has 4 nitrogen and oxygen atoms in total. The van der Waals surface area contributed by atoms with Crippen molar-refractivity contribution >= 4 is 27.5 Å². The molecule has 1 saturated heterocycles. The number of amides is 1. The van der Waals surface area contributed by atoms with E-state index in [0.717, 1.165) is 39.4 Å². The number of ether oxygens (including phenoxy) is 1. The minimum Gasteiger partial charge on any atom is -0.379 e. The van der Waals surface area contributed by atoms with Crippen LogP contribution in [0.4, 0.5) is 0 Å². The molecule has 114 valence electrons. The maximum atomic E-state index is 12.4. The van der Waals surface area contributed by atoms with Crippen LogP contribution in [0.15, 0.2) is 6.07 Å². The molecule has 1 amide bonds. The number of hydrogen-bond donors (Lipinski definition) is 1. The quantitative estimate of drug-likeness (QED) is 0.925. The van der Waals surface area contributed by atoms with Crippen molar-refractivity contribution in [2.45, 2.75) is 40.7 Å². The van der Waals surface area contributed by atoms with E-state index in [2.05, 4.69) is 23.3 Å². The topological polar surface area (TPSA) is 51.2 Å². The van der Waals surface area contributed by atoms with Gasteiger partial charge in [0.2, 0.25) is 0 Å².